The molecule has 0 spiro atoms. The lowest BCUT2D eigenvalue weighted by Gasteiger charge is -2.18. The Bertz CT molecular complexity index is 566. The first-order valence-corrected chi connectivity index (χ1v) is 9.04. The number of nitrogens with zero attached hydrogens (tertiary/aromatic N) is 1. The largest absolute Gasteiger partial charge is 0.338 e. The first-order chi connectivity index (χ1) is 10.5. The number of rotatable bonds is 8. The third-order valence-electron chi connectivity index (χ3n) is 3.27. The van der Waals surface area contributed by atoms with Crippen LogP contribution in [-0.4, -0.2) is 38.4 Å². The number of anilines is 1. The summed E-state index contributed by atoms with van der Waals surface area (Å²) in [6.07, 6.45) is 1.94. The van der Waals surface area contributed by atoms with Gasteiger partial charge in [0.05, 0.1) is 4.90 Å². The van der Waals surface area contributed by atoms with Crippen molar-refractivity contribution in [3.63, 3.8) is 0 Å². The molecule has 0 aromatic heterocycles. The summed E-state index contributed by atoms with van der Waals surface area (Å²) in [5, 5.41) is 5.42. The summed E-state index contributed by atoms with van der Waals surface area (Å²) in [6.45, 7) is 7.14. The molecule has 0 heterocycles. The maximum atomic E-state index is 12.3. The van der Waals surface area contributed by atoms with Gasteiger partial charge in [0.2, 0.25) is 10.0 Å². The highest BCUT2D eigenvalue weighted by molar-refractivity contribution is 7.89. The Kier molecular flexibility index (Phi) is 7.34. The summed E-state index contributed by atoms with van der Waals surface area (Å²) in [5.41, 5.74) is 0.562. The molecule has 7 heteroatoms. The van der Waals surface area contributed by atoms with Gasteiger partial charge in [-0.2, -0.15) is 4.31 Å². The van der Waals surface area contributed by atoms with Gasteiger partial charge in [0.1, 0.15) is 0 Å². The van der Waals surface area contributed by atoms with E-state index in [9.17, 15) is 13.2 Å². The van der Waals surface area contributed by atoms with E-state index in [1.165, 1.54) is 16.4 Å². The lowest BCUT2D eigenvalue weighted by atomic mass is 10.3. The molecule has 0 unspecified atom stereocenters. The zero-order valence-corrected chi connectivity index (χ0v) is 14.2. The van der Waals surface area contributed by atoms with Gasteiger partial charge < -0.3 is 10.6 Å². The average Bonchev–Trinajstić information content (AvgIpc) is 2.49. The summed E-state index contributed by atoms with van der Waals surface area (Å²) in [4.78, 5) is 11.9. The molecule has 0 saturated carbocycles. The number of hydrogen-bond donors (Lipinski definition) is 2. The SMILES string of the molecule is CCCCNC(=O)Nc1ccc(S(=O)(=O)N(CC)CC)cc1. The van der Waals surface area contributed by atoms with Crippen molar-refractivity contribution in [1.82, 2.24) is 9.62 Å². The predicted molar refractivity (Wildman–Crippen MR) is 88.5 cm³/mol. The summed E-state index contributed by atoms with van der Waals surface area (Å²) in [5.74, 6) is 0. The molecule has 0 saturated heterocycles. The molecule has 6 nitrogen and oxygen atoms in total. The molecule has 0 radical (unpaired) electrons. The Morgan fingerprint density at radius 1 is 1.09 bits per heavy atom. The summed E-state index contributed by atoms with van der Waals surface area (Å²) in [6, 6.07) is 5.92. The Balaban J connectivity index is 2.72. The molecule has 0 fully saturated rings. The van der Waals surface area contributed by atoms with Crippen LogP contribution in [0.15, 0.2) is 29.2 Å². The van der Waals surface area contributed by atoms with Gasteiger partial charge in [0.15, 0.2) is 0 Å². The molecule has 2 amide bonds. The van der Waals surface area contributed by atoms with Gasteiger partial charge in [-0.15, -0.1) is 0 Å². The van der Waals surface area contributed by atoms with Gasteiger partial charge in [0, 0.05) is 25.3 Å². The van der Waals surface area contributed by atoms with Crippen LogP contribution in [0.25, 0.3) is 0 Å². The van der Waals surface area contributed by atoms with Crippen molar-refractivity contribution in [3.8, 4) is 0 Å². The van der Waals surface area contributed by atoms with E-state index in [-0.39, 0.29) is 10.9 Å². The molecule has 22 heavy (non-hydrogen) atoms. The summed E-state index contributed by atoms with van der Waals surface area (Å²) >= 11 is 0. The van der Waals surface area contributed by atoms with E-state index in [2.05, 4.69) is 17.6 Å². The van der Waals surface area contributed by atoms with E-state index in [0.29, 0.717) is 25.3 Å². The minimum absolute atomic E-state index is 0.230. The first-order valence-electron chi connectivity index (χ1n) is 7.60. The third-order valence-corrected chi connectivity index (χ3v) is 5.34. The van der Waals surface area contributed by atoms with Crippen molar-refractivity contribution in [2.45, 2.75) is 38.5 Å². The number of carbonyl (C=O) groups is 1. The molecule has 124 valence electrons. The van der Waals surface area contributed by atoms with Crippen molar-refractivity contribution in [2.24, 2.45) is 0 Å². The lowest BCUT2D eigenvalue weighted by molar-refractivity contribution is 0.252. The van der Waals surface area contributed by atoms with Gasteiger partial charge >= 0.3 is 6.03 Å². The first kappa shape index (κ1) is 18.4. The number of nitrogens with one attached hydrogen (secondary N) is 2. The molecule has 0 bridgehead atoms. The van der Waals surface area contributed by atoms with Gasteiger partial charge in [-0.3, -0.25) is 0 Å². The second kappa shape index (κ2) is 8.75. The van der Waals surface area contributed by atoms with Crippen molar-refractivity contribution in [1.29, 1.82) is 0 Å². The summed E-state index contributed by atoms with van der Waals surface area (Å²) < 4.78 is 26.1. The number of unbranched alkanes of at least 4 members (excludes halogenated alkanes) is 1. The highest BCUT2D eigenvalue weighted by Crippen LogP contribution is 2.18. The number of benzene rings is 1. The van der Waals surface area contributed by atoms with Crippen LogP contribution in [0.5, 0.6) is 0 Å². The van der Waals surface area contributed by atoms with Gasteiger partial charge in [0.25, 0.3) is 0 Å². The summed E-state index contributed by atoms with van der Waals surface area (Å²) in [7, 11) is -3.46. The molecule has 1 aromatic carbocycles. The Hall–Kier alpha value is -1.60. The van der Waals surface area contributed by atoms with E-state index < -0.39 is 10.0 Å². The smallest absolute Gasteiger partial charge is 0.319 e. The predicted octanol–water partition coefficient (Wildman–Crippen LogP) is 2.64. The minimum Gasteiger partial charge on any atom is -0.338 e. The zero-order chi connectivity index (χ0) is 16.6. The molecule has 1 rings (SSSR count). The number of carbonyl (C=O) groups excluding carboxylic acids is 1. The number of hydrogen-bond acceptors (Lipinski definition) is 3. The van der Waals surface area contributed by atoms with Crippen LogP contribution in [-0.2, 0) is 10.0 Å². The fourth-order valence-electron chi connectivity index (χ4n) is 1.98. The van der Waals surface area contributed by atoms with Gasteiger partial charge in [-0.05, 0) is 30.7 Å². The van der Waals surface area contributed by atoms with Crippen LogP contribution >= 0.6 is 0 Å². The fourth-order valence-corrected chi connectivity index (χ4v) is 3.43. The lowest BCUT2D eigenvalue weighted by Crippen LogP contribution is -2.31. The molecular weight excluding hydrogens is 302 g/mol. The monoisotopic (exact) mass is 327 g/mol. The van der Waals surface area contributed by atoms with Gasteiger partial charge in [-0.1, -0.05) is 27.2 Å². The minimum atomic E-state index is -3.46. The van der Waals surface area contributed by atoms with Crippen LogP contribution in [0.1, 0.15) is 33.6 Å². The molecule has 0 aliphatic heterocycles. The molecule has 2 N–H and O–H groups in total. The van der Waals surface area contributed by atoms with Crippen LogP contribution in [0.4, 0.5) is 10.5 Å². The van der Waals surface area contributed by atoms with Gasteiger partial charge in [-0.25, -0.2) is 13.2 Å². The van der Waals surface area contributed by atoms with E-state index in [0.717, 1.165) is 12.8 Å². The second-order valence-electron chi connectivity index (χ2n) is 4.85. The molecule has 0 atom stereocenters. The quantitative estimate of drug-likeness (QED) is 0.721. The van der Waals surface area contributed by atoms with Crippen LogP contribution < -0.4 is 10.6 Å². The second-order valence-corrected chi connectivity index (χ2v) is 6.79. The maximum absolute atomic E-state index is 12.3. The Morgan fingerprint density at radius 2 is 1.68 bits per heavy atom. The topological polar surface area (TPSA) is 78.5 Å². The highest BCUT2D eigenvalue weighted by Gasteiger charge is 2.21. The van der Waals surface area contributed by atoms with Crippen molar-refractivity contribution < 1.29 is 13.2 Å². The van der Waals surface area contributed by atoms with Crippen molar-refractivity contribution in [3.05, 3.63) is 24.3 Å². The molecule has 0 aliphatic rings. The fraction of sp³-hybridized carbons (Fsp3) is 0.533. The Morgan fingerprint density at radius 3 is 2.18 bits per heavy atom. The van der Waals surface area contributed by atoms with E-state index in [1.807, 2.05) is 0 Å². The van der Waals surface area contributed by atoms with E-state index >= 15 is 0 Å². The van der Waals surface area contributed by atoms with Crippen LogP contribution in [0, 0.1) is 0 Å². The van der Waals surface area contributed by atoms with Crippen LogP contribution in [0.3, 0.4) is 0 Å². The number of urea groups is 1. The number of sulfonamides is 1. The standard InChI is InChI=1S/C15H25N3O3S/c1-4-7-12-16-15(19)17-13-8-10-14(11-9-13)22(20,21)18(5-2)6-3/h8-11H,4-7,12H2,1-3H3,(H2,16,17,19). The zero-order valence-electron chi connectivity index (χ0n) is 13.4. The molecular formula is C15H25N3O3S. The highest BCUT2D eigenvalue weighted by atomic mass is 32.2. The average molecular weight is 327 g/mol. The Labute approximate surface area is 132 Å². The number of amides is 2. The van der Waals surface area contributed by atoms with E-state index in [4.69, 9.17) is 0 Å². The molecule has 1 aromatic rings. The van der Waals surface area contributed by atoms with Crippen molar-refractivity contribution >= 4 is 21.7 Å². The van der Waals surface area contributed by atoms with E-state index in [1.54, 1.807) is 26.0 Å². The maximum Gasteiger partial charge on any atom is 0.319 e. The third kappa shape index (κ3) is 4.99. The molecule has 0 aliphatic carbocycles. The van der Waals surface area contributed by atoms with Crippen molar-refractivity contribution in [2.75, 3.05) is 25.0 Å². The normalized spacial score (nSPS) is 11.5. The van der Waals surface area contributed by atoms with Crippen LogP contribution in [0.2, 0.25) is 0 Å².